The SMILES string of the molecule is COC(=O)c1c(N2C(N)=C(C#N)C(c3ccc(Cl)cc3)C3=C2CC(C)(C)CC3=O)sc2c1CCCC2. The van der Waals surface area contributed by atoms with Crippen LogP contribution in [0.2, 0.25) is 5.02 Å². The van der Waals surface area contributed by atoms with Crippen molar-refractivity contribution in [3.63, 3.8) is 0 Å². The number of benzene rings is 1. The molecule has 0 bridgehead atoms. The minimum absolute atomic E-state index is 0.00705. The monoisotopic (exact) mass is 521 g/mol. The third-order valence-electron chi connectivity index (χ3n) is 7.33. The van der Waals surface area contributed by atoms with Gasteiger partial charge in [0.2, 0.25) is 0 Å². The van der Waals surface area contributed by atoms with Gasteiger partial charge >= 0.3 is 5.97 Å². The fourth-order valence-corrected chi connectivity index (χ4v) is 7.29. The van der Waals surface area contributed by atoms with Crippen molar-refractivity contribution < 1.29 is 14.3 Å². The lowest BCUT2D eigenvalue weighted by molar-refractivity contribution is -0.118. The maximum Gasteiger partial charge on any atom is 0.341 e. The normalized spacial score (nSPS) is 21.1. The maximum absolute atomic E-state index is 13.7. The predicted molar refractivity (Wildman–Crippen MR) is 141 cm³/mol. The van der Waals surface area contributed by atoms with Gasteiger partial charge in [0, 0.05) is 27.6 Å². The van der Waals surface area contributed by atoms with Gasteiger partial charge in [-0.2, -0.15) is 5.26 Å². The number of aryl methyl sites for hydroxylation is 1. The molecule has 1 atom stereocenters. The number of halogens is 1. The molecular formula is C28H28ClN3O3S. The third-order valence-corrected chi connectivity index (χ3v) is 8.86. The first-order valence-corrected chi connectivity index (χ1v) is 13.3. The minimum Gasteiger partial charge on any atom is -0.465 e. The highest BCUT2D eigenvalue weighted by Gasteiger charge is 2.46. The van der Waals surface area contributed by atoms with E-state index >= 15 is 0 Å². The topological polar surface area (TPSA) is 96.4 Å². The van der Waals surface area contributed by atoms with Crippen molar-refractivity contribution >= 4 is 39.7 Å². The smallest absolute Gasteiger partial charge is 0.341 e. The fraction of sp³-hybridized carbons (Fsp3) is 0.393. The van der Waals surface area contributed by atoms with Crippen LogP contribution in [0.15, 0.2) is 46.9 Å². The number of esters is 1. The Kier molecular flexibility index (Phi) is 6.22. The number of methoxy groups -OCH3 is 1. The van der Waals surface area contributed by atoms with E-state index < -0.39 is 11.9 Å². The number of carbonyl (C=O) groups excluding carboxylic acids is 2. The lowest BCUT2D eigenvalue weighted by Crippen LogP contribution is -2.42. The summed E-state index contributed by atoms with van der Waals surface area (Å²) in [5, 5.41) is 11.5. The molecule has 0 saturated carbocycles. The van der Waals surface area contributed by atoms with Crippen LogP contribution < -0.4 is 10.6 Å². The van der Waals surface area contributed by atoms with Crippen LogP contribution in [-0.4, -0.2) is 18.9 Å². The minimum atomic E-state index is -0.585. The molecule has 1 aliphatic heterocycles. The van der Waals surface area contributed by atoms with Crippen LogP contribution >= 0.6 is 22.9 Å². The van der Waals surface area contributed by atoms with Gasteiger partial charge in [-0.15, -0.1) is 11.3 Å². The van der Waals surface area contributed by atoms with Crippen LogP contribution in [0.25, 0.3) is 0 Å². The molecule has 1 aromatic carbocycles. The maximum atomic E-state index is 13.7. The molecule has 36 heavy (non-hydrogen) atoms. The van der Waals surface area contributed by atoms with Gasteiger partial charge in [0.25, 0.3) is 0 Å². The van der Waals surface area contributed by atoms with Gasteiger partial charge in [0.05, 0.1) is 30.2 Å². The van der Waals surface area contributed by atoms with Crippen molar-refractivity contribution in [3.8, 4) is 6.07 Å². The number of hydrogen-bond donors (Lipinski definition) is 1. The van der Waals surface area contributed by atoms with Gasteiger partial charge < -0.3 is 10.5 Å². The Bertz CT molecular complexity index is 1380. The summed E-state index contributed by atoms with van der Waals surface area (Å²) in [7, 11) is 1.38. The van der Waals surface area contributed by atoms with Gasteiger partial charge in [-0.05, 0) is 60.8 Å². The highest BCUT2D eigenvalue weighted by molar-refractivity contribution is 7.16. The number of ether oxygens (including phenoxy) is 1. The van der Waals surface area contributed by atoms with E-state index in [1.54, 1.807) is 12.1 Å². The highest BCUT2D eigenvalue weighted by atomic mass is 35.5. The Morgan fingerprint density at radius 2 is 1.92 bits per heavy atom. The number of Topliss-reactive ketones (excluding diaryl/α,β-unsaturated/α-hetero) is 1. The van der Waals surface area contributed by atoms with E-state index in [1.165, 1.54) is 18.4 Å². The van der Waals surface area contributed by atoms with Crippen LogP contribution in [0, 0.1) is 16.7 Å². The van der Waals surface area contributed by atoms with Crippen LogP contribution in [0.4, 0.5) is 5.00 Å². The largest absolute Gasteiger partial charge is 0.465 e. The molecule has 1 aromatic heterocycles. The molecule has 8 heteroatoms. The average molecular weight is 522 g/mol. The summed E-state index contributed by atoms with van der Waals surface area (Å²) < 4.78 is 5.20. The zero-order valence-electron chi connectivity index (χ0n) is 20.6. The van der Waals surface area contributed by atoms with Gasteiger partial charge in [0.1, 0.15) is 10.8 Å². The van der Waals surface area contributed by atoms with E-state index in [0.29, 0.717) is 39.6 Å². The van der Waals surface area contributed by atoms with E-state index in [2.05, 4.69) is 19.9 Å². The molecule has 5 rings (SSSR count). The highest BCUT2D eigenvalue weighted by Crippen LogP contribution is 2.53. The van der Waals surface area contributed by atoms with Crippen LogP contribution in [-0.2, 0) is 22.4 Å². The van der Waals surface area contributed by atoms with Crippen molar-refractivity contribution in [3.05, 3.63) is 73.5 Å². The molecule has 0 radical (unpaired) electrons. The van der Waals surface area contributed by atoms with Gasteiger partial charge in [-0.3, -0.25) is 9.69 Å². The molecule has 2 aromatic rings. The first-order valence-electron chi connectivity index (χ1n) is 12.1. The molecule has 1 unspecified atom stereocenters. The van der Waals surface area contributed by atoms with Gasteiger partial charge in [0.15, 0.2) is 5.78 Å². The Balaban J connectivity index is 1.80. The number of nitrogens with two attached hydrogens (primary N) is 1. The summed E-state index contributed by atoms with van der Waals surface area (Å²) in [4.78, 5) is 29.8. The number of nitriles is 1. The van der Waals surface area contributed by atoms with Gasteiger partial charge in [-0.1, -0.05) is 37.6 Å². The van der Waals surface area contributed by atoms with E-state index in [-0.39, 0.29) is 17.0 Å². The van der Waals surface area contributed by atoms with E-state index in [9.17, 15) is 14.9 Å². The number of rotatable bonds is 3. The first kappa shape index (κ1) is 24.6. The molecule has 186 valence electrons. The summed E-state index contributed by atoms with van der Waals surface area (Å²) in [5.41, 5.74) is 10.4. The lowest BCUT2D eigenvalue weighted by atomic mass is 9.68. The molecular weight excluding hydrogens is 494 g/mol. The van der Waals surface area contributed by atoms with Crippen molar-refractivity contribution in [2.24, 2.45) is 11.1 Å². The molecule has 2 N–H and O–H groups in total. The Labute approximate surface area is 220 Å². The molecule has 0 spiro atoms. The van der Waals surface area contributed by atoms with Crippen LogP contribution in [0.3, 0.4) is 0 Å². The number of nitrogens with zero attached hydrogens (tertiary/aromatic N) is 2. The van der Waals surface area contributed by atoms with Gasteiger partial charge in [-0.25, -0.2) is 4.79 Å². The second-order valence-electron chi connectivity index (χ2n) is 10.4. The summed E-state index contributed by atoms with van der Waals surface area (Å²) in [6.45, 7) is 4.12. The number of hydrogen-bond acceptors (Lipinski definition) is 7. The summed E-state index contributed by atoms with van der Waals surface area (Å²) in [5.74, 6) is -0.754. The molecule has 0 amide bonds. The molecule has 0 fully saturated rings. The molecule has 3 aliphatic rings. The summed E-state index contributed by atoms with van der Waals surface area (Å²) in [6, 6.07) is 9.50. The lowest BCUT2D eigenvalue weighted by Gasteiger charge is -2.43. The quantitative estimate of drug-likeness (QED) is 0.497. The molecule has 6 nitrogen and oxygen atoms in total. The van der Waals surface area contributed by atoms with Crippen LogP contribution in [0.1, 0.15) is 71.8 Å². The number of allylic oxidation sites excluding steroid dienone is 3. The van der Waals surface area contributed by atoms with Crippen molar-refractivity contribution in [1.29, 1.82) is 5.26 Å². The predicted octanol–water partition coefficient (Wildman–Crippen LogP) is 6.01. The third kappa shape index (κ3) is 3.93. The van der Waals surface area contributed by atoms with E-state index in [4.69, 9.17) is 22.1 Å². The number of thiophene rings is 1. The summed E-state index contributed by atoms with van der Waals surface area (Å²) >= 11 is 7.66. The molecule has 2 aliphatic carbocycles. The molecule has 0 saturated heterocycles. The van der Waals surface area contributed by atoms with E-state index in [1.807, 2.05) is 17.0 Å². The van der Waals surface area contributed by atoms with Crippen molar-refractivity contribution in [2.45, 2.75) is 58.3 Å². The first-order chi connectivity index (χ1) is 17.2. The Morgan fingerprint density at radius 3 is 2.58 bits per heavy atom. The second-order valence-corrected chi connectivity index (χ2v) is 11.9. The number of carbonyl (C=O) groups is 2. The second kappa shape index (κ2) is 9.10. The fourth-order valence-electron chi connectivity index (χ4n) is 5.75. The molecule has 2 heterocycles. The number of fused-ring (bicyclic) bond motifs is 1. The zero-order valence-corrected chi connectivity index (χ0v) is 22.2. The van der Waals surface area contributed by atoms with Crippen LogP contribution in [0.5, 0.6) is 0 Å². The number of anilines is 1. The summed E-state index contributed by atoms with van der Waals surface area (Å²) in [6.07, 6.45) is 4.69. The Morgan fingerprint density at radius 1 is 1.22 bits per heavy atom. The number of ketones is 1. The standard InChI is InChI=1S/C28H28ClN3O3S/c1-28(2)12-19-24(20(33)13-28)22(15-8-10-16(29)11-9-15)18(14-30)25(31)32(19)26-23(27(34)35-3)17-6-4-5-7-21(17)36-26/h8-11,22H,4-7,12-13,31H2,1-3H3. The van der Waals surface area contributed by atoms with E-state index in [0.717, 1.165) is 47.4 Å². The Hall–Kier alpha value is -3.08. The van der Waals surface area contributed by atoms with Crippen molar-refractivity contribution in [1.82, 2.24) is 0 Å². The van der Waals surface area contributed by atoms with Crippen molar-refractivity contribution in [2.75, 3.05) is 12.0 Å². The zero-order chi connectivity index (χ0) is 25.8. The average Bonchev–Trinajstić information content (AvgIpc) is 3.21.